The van der Waals surface area contributed by atoms with Gasteiger partial charge in [0.05, 0.1) is 5.56 Å². The average molecular weight is 548 g/mol. The van der Waals surface area contributed by atoms with Gasteiger partial charge in [-0.15, -0.1) is 0 Å². The largest absolute Gasteiger partial charge is 0.350 e. The van der Waals surface area contributed by atoms with E-state index in [2.05, 4.69) is 5.32 Å². The Morgan fingerprint density at radius 3 is 2.13 bits per heavy atom. The van der Waals surface area contributed by atoms with Crippen molar-refractivity contribution < 1.29 is 22.8 Å². The second kappa shape index (κ2) is 11.0. The van der Waals surface area contributed by atoms with Gasteiger partial charge in [-0.25, -0.2) is 12.7 Å². The Hall–Kier alpha value is -3.98. The van der Waals surface area contributed by atoms with Gasteiger partial charge in [0.1, 0.15) is 17.5 Å². The first-order chi connectivity index (χ1) is 18.4. The van der Waals surface area contributed by atoms with Crippen LogP contribution in [0.3, 0.4) is 0 Å². The Morgan fingerprint density at radius 2 is 1.51 bits per heavy atom. The standard InChI is InChI=1S/C30H33N3O5S/c1-21-14-16-23(17-15-21)19-32(25(28(35)31-30(2,3)4)18-22-10-6-5-7-11-22)27(34)20-33-29(36)24-12-8-9-13-26(24)39(33,37)38/h5-17,25H,18-20H2,1-4H3,(H,31,35)/t25-/m0/s1. The third-order valence-corrected chi connectivity index (χ3v) is 8.22. The number of fused-ring (bicyclic) bond motifs is 1. The molecule has 0 fully saturated rings. The van der Waals surface area contributed by atoms with Gasteiger partial charge < -0.3 is 10.2 Å². The molecule has 0 unspecified atom stereocenters. The molecule has 1 N–H and O–H groups in total. The van der Waals surface area contributed by atoms with Gasteiger partial charge in [-0.05, 0) is 51.0 Å². The summed E-state index contributed by atoms with van der Waals surface area (Å²) in [6.45, 7) is 6.85. The fraction of sp³-hybridized carbons (Fsp3) is 0.300. The van der Waals surface area contributed by atoms with Crippen LogP contribution < -0.4 is 5.32 Å². The third-order valence-electron chi connectivity index (χ3n) is 6.43. The van der Waals surface area contributed by atoms with Crippen molar-refractivity contribution >= 4 is 27.7 Å². The van der Waals surface area contributed by atoms with E-state index in [9.17, 15) is 22.8 Å². The average Bonchev–Trinajstić information content (AvgIpc) is 3.07. The number of rotatable bonds is 8. The summed E-state index contributed by atoms with van der Waals surface area (Å²) in [4.78, 5) is 41.9. The highest BCUT2D eigenvalue weighted by molar-refractivity contribution is 7.90. The van der Waals surface area contributed by atoms with E-state index in [1.807, 2.05) is 82.3 Å². The molecule has 1 aliphatic heterocycles. The molecule has 4 rings (SSSR count). The normalized spacial score (nSPS) is 15.0. The minimum absolute atomic E-state index is 0.0293. The van der Waals surface area contributed by atoms with E-state index in [1.165, 1.54) is 23.1 Å². The second-order valence-corrected chi connectivity index (χ2v) is 12.6. The lowest BCUT2D eigenvalue weighted by atomic mass is 10.0. The molecule has 0 radical (unpaired) electrons. The van der Waals surface area contributed by atoms with E-state index in [-0.39, 0.29) is 29.3 Å². The summed E-state index contributed by atoms with van der Waals surface area (Å²) >= 11 is 0. The molecule has 0 bridgehead atoms. The monoisotopic (exact) mass is 547 g/mol. The van der Waals surface area contributed by atoms with Crippen LogP contribution in [-0.4, -0.2) is 53.5 Å². The zero-order valence-corrected chi connectivity index (χ0v) is 23.4. The predicted octanol–water partition coefficient (Wildman–Crippen LogP) is 3.69. The van der Waals surface area contributed by atoms with Crippen LogP contribution in [0.5, 0.6) is 0 Å². The van der Waals surface area contributed by atoms with E-state index in [0.717, 1.165) is 16.7 Å². The molecule has 0 aromatic heterocycles. The molecule has 0 saturated carbocycles. The summed E-state index contributed by atoms with van der Waals surface area (Å²) in [6.07, 6.45) is 0.210. The Bertz CT molecular complexity index is 1480. The van der Waals surface area contributed by atoms with Gasteiger partial charge in [-0.3, -0.25) is 14.4 Å². The summed E-state index contributed by atoms with van der Waals surface area (Å²) in [6, 6.07) is 21.8. The van der Waals surface area contributed by atoms with E-state index in [0.29, 0.717) is 4.31 Å². The van der Waals surface area contributed by atoms with Gasteiger partial charge in [0.25, 0.3) is 15.9 Å². The SMILES string of the molecule is Cc1ccc(CN(C(=O)CN2C(=O)c3ccccc3S2(=O)=O)[C@@H](Cc2ccccc2)C(=O)NC(C)(C)C)cc1. The van der Waals surface area contributed by atoms with Gasteiger partial charge in [0, 0.05) is 18.5 Å². The Balaban J connectivity index is 1.72. The number of carbonyl (C=O) groups is 3. The first-order valence-corrected chi connectivity index (χ1v) is 14.2. The van der Waals surface area contributed by atoms with Crippen molar-refractivity contribution in [2.24, 2.45) is 0 Å². The molecule has 39 heavy (non-hydrogen) atoms. The topological polar surface area (TPSA) is 104 Å². The molecule has 3 amide bonds. The van der Waals surface area contributed by atoms with Crippen LogP contribution >= 0.6 is 0 Å². The van der Waals surface area contributed by atoms with E-state index < -0.39 is 40.0 Å². The molecule has 3 aromatic carbocycles. The fourth-order valence-corrected chi connectivity index (χ4v) is 6.02. The summed E-state index contributed by atoms with van der Waals surface area (Å²) < 4.78 is 27.0. The molecule has 9 heteroatoms. The number of nitrogens with zero attached hydrogens (tertiary/aromatic N) is 2. The molecule has 0 spiro atoms. The maximum Gasteiger partial charge on any atom is 0.269 e. The quantitative estimate of drug-likeness (QED) is 0.463. The van der Waals surface area contributed by atoms with E-state index >= 15 is 0 Å². The van der Waals surface area contributed by atoms with Crippen LogP contribution in [0.2, 0.25) is 0 Å². The van der Waals surface area contributed by atoms with Crippen molar-refractivity contribution in [2.45, 2.75) is 57.1 Å². The maximum absolute atomic E-state index is 13.9. The third kappa shape index (κ3) is 6.37. The zero-order valence-electron chi connectivity index (χ0n) is 22.5. The van der Waals surface area contributed by atoms with Crippen molar-refractivity contribution in [3.8, 4) is 0 Å². The van der Waals surface area contributed by atoms with Gasteiger partial charge in [0.2, 0.25) is 11.8 Å². The number of nitrogens with one attached hydrogen (secondary N) is 1. The molecule has 8 nitrogen and oxygen atoms in total. The van der Waals surface area contributed by atoms with Crippen LogP contribution in [0.25, 0.3) is 0 Å². The van der Waals surface area contributed by atoms with Crippen molar-refractivity contribution in [2.75, 3.05) is 6.54 Å². The number of amides is 3. The lowest BCUT2D eigenvalue weighted by Crippen LogP contribution is -2.56. The zero-order chi connectivity index (χ0) is 28.4. The number of benzene rings is 3. The van der Waals surface area contributed by atoms with Crippen LogP contribution in [0.4, 0.5) is 0 Å². The van der Waals surface area contributed by atoms with Crippen molar-refractivity contribution in [3.05, 3.63) is 101 Å². The summed E-state index contributed by atoms with van der Waals surface area (Å²) in [5.74, 6) is -1.77. The molecular formula is C30H33N3O5S. The highest BCUT2D eigenvalue weighted by atomic mass is 32.2. The van der Waals surface area contributed by atoms with Gasteiger partial charge in [-0.2, -0.15) is 0 Å². The molecule has 1 atom stereocenters. The first-order valence-electron chi connectivity index (χ1n) is 12.7. The molecule has 0 saturated heterocycles. The summed E-state index contributed by atoms with van der Waals surface area (Å²) in [7, 11) is -4.20. The predicted molar refractivity (Wildman–Crippen MR) is 148 cm³/mol. The first kappa shape index (κ1) is 28.0. The molecule has 1 aliphatic rings. The smallest absolute Gasteiger partial charge is 0.269 e. The van der Waals surface area contributed by atoms with Crippen molar-refractivity contribution in [1.82, 2.24) is 14.5 Å². The van der Waals surface area contributed by atoms with Crippen molar-refractivity contribution in [1.29, 1.82) is 0 Å². The lowest BCUT2D eigenvalue weighted by Gasteiger charge is -2.34. The molecule has 3 aromatic rings. The summed E-state index contributed by atoms with van der Waals surface area (Å²) in [5.41, 5.74) is 2.11. The highest BCUT2D eigenvalue weighted by Gasteiger charge is 2.43. The molecule has 0 aliphatic carbocycles. The van der Waals surface area contributed by atoms with Gasteiger partial charge in [0.15, 0.2) is 0 Å². The number of hydrogen-bond donors (Lipinski definition) is 1. The minimum atomic E-state index is -4.20. The molecular weight excluding hydrogens is 514 g/mol. The molecule has 1 heterocycles. The Labute approximate surface area is 229 Å². The summed E-state index contributed by atoms with van der Waals surface area (Å²) in [5, 5.41) is 2.97. The Morgan fingerprint density at radius 1 is 0.897 bits per heavy atom. The minimum Gasteiger partial charge on any atom is -0.350 e. The fourth-order valence-electron chi connectivity index (χ4n) is 4.50. The van der Waals surface area contributed by atoms with Gasteiger partial charge in [-0.1, -0.05) is 72.3 Å². The van der Waals surface area contributed by atoms with Gasteiger partial charge >= 0.3 is 0 Å². The van der Waals surface area contributed by atoms with Crippen molar-refractivity contribution in [3.63, 3.8) is 0 Å². The van der Waals surface area contributed by atoms with E-state index in [1.54, 1.807) is 6.07 Å². The number of sulfonamides is 1. The lowest BCUT2D eigenvalue weighted by molar-refractivity contribution is -0.141. The highest BCUT2D eigenvalue weighted by Crippen LogP contribution is 2.30. The van der Waals surface area contributed by atoms with E-state index in [4.69, 9.17) is 0 Å². The number of aryl methyl sites for hydroxylation is 1. The Kier molecular flexibility index (Phi) is 7.92. The van der Waals surface area contributed by atoms with Crippen LogP contribution in [0.15, 0.2) is 83.8 Å². The van der Waals surface area contributed by atoms with Crippen LogP contribution in [0.1, 0.15) is 47.8 Å². The number of hydrogen-bond acceptors (Lipinski definition) is 5. The van der Waals surface area contributed by atoms with Crippen LogP contribution in [0, 0.1) is 6.92 Å². The maximum atomic E-state index is 13.9. The molecule has 204 valence electrons. The van der Waals surface area contributed by atoms with Crippen LogP contribution in [-0.2, 0) is 32.6 Å². The second-order valence-electron chi connectivity index (χ2n) is 10.8. The number of carbonyl (C=O) groups excluding carboxylic acids is 3.